The topological polar surface area (TPSA) is 26.0 Å². The van der Waals surface area contributed by atoms with Crippen LogP contribution in [0.15, 0.2) is 24.3 Å². The first-order valence-corrected chi connectivity index (χ1v) is 6.06. The Labute approximate surface area is 96.6 Å². The molecule has 3 unspecified atom stereocenters. The first kappa shape index (κ1) is 11.0. The number of hydrogen-bond acceptors (Lipinski definition) is 1. The highest BCUT2D eigenvalue weighted by atomic mass is 35.5. The van der Waals surface area contributed by atoms with Gasteiger partial charge in [0.1, 0.15) is 0 Å². The average molecular weight is 224 g/mol. The van der Waals surface area contributed by atoms with Crippen LogP contribution in [0.3, 0.4) is 0 Å². The summed E-state index contributed by atoms with van der Waals surface area (Å²) in [6.45, 7) is 2.30. The first-order valence-electron chi connectivity index (χ1n) is 5.68. The molecule has 15 heavy (non-hydrogen) atoms. The predicted molar refractivity (Wildman–Crippen MR) is 65.2 cm³/mol. The van der Waals surface area contributed by atoms with Gasteiger partial charge >= 0.3 is 0 Å². The van der Waals surface area contributed by atoms with Crippen LogP contribution in [0.1, 0.15) is 37.7 Å². The average Bonchev–Trinajstić information content (AvgIpc) is 2.23. The summed E-state index contributed by atoms with van der Waals surface area (Å²) in [7, 11) is 0. The van der Waals surface area contributed by atoms with E-state index in [2.05, 4.69) is 13.0 Å². The second-order valence-corrected chi connectivity index (χ2v) is 5.12. The van der Waals surface area contributed by atoms with Crippen molar-refractivity contribution in [3.8, 4) is 0 Å². The van der Waals surface area contributed by atoms with Gasteiger partial charge in [-0.15, -0.1) is 0 Å². The van der Waals surface area contributed by atoms with E-state index in [1.165, 1.54) is 18.4 Å². The molecule has 0 heterocycles. The molecule has 1 aliphatic carbocycles. The number of hydrogen-bond donors (Lipinski definition) is 1. The normalized spacial score (nSPS) is 31.5. The van der Waals surface area contributed by atoms with Crippen molar-refractivity contribution in [3.63, 3.8) is 0 Å². The molecule has 0 saturated heterocycles. The predicted octanol–water partition coefficient (Wildman–Crippen LogP) is 3.57. The Hall–Kier alpha value is -0.530. The van der Waals surface area contributed by atoms with Crippen molar-refractivity contribution in [2.45, 2.75) is 38.1 Å². The third-order valence-corrected chi connectivity index (χ3v) is 3.81. The molecule has 3 atom stereocenters. The molecule has 0 radical (unpaired) electrons. The molecule has 0 amide bonds. The standard InChI is InChI=1S/C13H18ClN/c1-9-6-7-13(15)11(8-9)10-4-2-3-5-12(10)14/h2-5,9,11,13H,6-8,15H2,1H3. The molecule has 1 aromatic carbocycles. The van der Waals surface area contributed by atoms with E-state index in [0.29, 0.717) is 5.92 Å². The Kier molecular flexibility index (Phi) is 3.32. The summed E-state index contributed by atoms with van der Waals surface area (Å²) in [5, 5.41) is 0.868. The number of halogens is 1. The van der Waals surface area contributed by atoms with Gasteiger partial charge in [-0.25, -0.2) is 0 Å². The summed E-state index contributed by atoms with van der Waals surface area (Å²) < 4.78 is 0. The SMILES string of the molecule is CC1CCC(N)C(c2ccccc2Cl)C1. The Bertz CT molecular complexity index is 337. The van der Waals surface area contributed by atoms with Gasteiger partial charge < -0.3 is 5.73 Å². The fraction of sp³-hybridized carbons (Fsp3) is 0.538. The van der Waals surface area contributed by atoms with Gasteiger partial charge in [0.05, 0.1) is 0 Å². The van der Waals surface area contributed by atoms with Crippen LogP contribution in [0.2, 0.25) is 5.02 Å². The maximum Gasteiger partial charge on any atom is 0.0441 e. The quantitative estimate of drug-likeness (QED) is 0.774. The molecule has 2 heteroatoms. The van der Waals surface area contributed by atoms with Gasteiger partial charge in [-0.1, -0.05) is 36.7 Å². The fourth-order valence-electron chi connectivity index (χ4n) is 2.54. The van der Waals surface area contributed by atoms with Crippen LogP contribution in [-0.2, 0) is 0 Å². The molecular formula is C13H18ClN. The van der Waals surface area contributed by atoms with Crippen molar-refractivity contribution in [1.82, 2.24) is 0 Å². The van der Waals surface area contributed by atoms with Crippen LogP contribution in [0.4, 0.5) is 0 Å². The number of nitrogens with two attached hydrogens (primary N) is 1. The highest BCUT2D eigenvalue weighted by Crippen LogP contribution is 2.37. The summed E-state index contributed by atoms with van der Waals surface area (Å²) in [5.41, 5.74) is 7.42. The van der Waals surface area contributed by atoms with Crippen LogP contribution < -0.4 is 5.73 Å². The minimum absolute atomic E-state index is 0.279. The lowest BCUT2D eigenvalue weighted by atomic mass is 9.76. The van der Waals surface area contributed by atoms with Gasteiger partial charge in [-0.2, -0.15) is 0 Å². The van der Waals surface area contributed by atoms with E-state index in [4.69, 9.17) is 17.3 Å². The number of rotatable bonds is 1. The summed E-state index contributed by atoms with van der Waals surface area (Å²) in [6, 6.07) is 8.38. The van der Waals surface area contributed by atoms with E-state index in [0.717, 1.165) is 17.4 Å². The number of benzene rings is 1. The Morgan fingerprint density at radius 3 is 2.73 bits per heavy atom. The van der Waals surface area contributed by atoms with Crippen molar-refractivity contribution >= 4 is 11.6 Å². The van der Waals surface area contributed by atoms with Crippen LogP contribution in [0, 0.1) is 5.92 Å². The fourth-order valence-corrected chi connectivity index (χ4v) is 2.81. The van der Waals surface area contributed by atoms with E-state index in [1.807, 2.05) is 18.2 Å². The van der Waals surface area contributed by atoms with Crippen LogP contribution in [-0.4, -0.2) is 6.04 Å². The molecule has 2 N–H and O–H groups in total. The van der Waals surface area contributed by atoms with Crippen LogP contribution in [0.25, 0.3) is 0 Å². The van der Waals surface area contributed by atoms with Crippen LogP contribution >= 0.6 is 11.6 Å². The van der Waals surface area contributed by atoms with Gasteiger partial charge in [-0.05, 0) is 36.8 Å². The molecule has 1 fully saturated rings. The lowest BCUT2D eigenvalue weighted by molar-refractivity contribution is 0.306. The largest absolute Gasteiger partial charge is 0.327 e. The molecule has 1 saturated carbocycles. The monoisotopic (exact) mass is 223 g/mol. The van der Waals surface area contributed by atoms with E-state index < -0.39 is 0 Å². The van der Waals surface area contributed by atoms with Crippen LogP contribution in [0.5, 0.6) is 0 Å². The molecule has 0 bridgehead atoms. The summed E-state index contributed by atoms with van der Waals surface area (Å²) in [6.07, 6.45) is 3.55. The minimum Gasteiger partial charge on any atom is -0.327 e. The molecule has 1 aromatic rings. The third-order valence-electron chi connectivity index (χ3n) is 3.47. The van der Waals surface area contributed by atoms with Gasteiger partial charge in [0.2, 0.25) is 0 Å². The Morgan fingerprint density at radius 2 is 2.00 bits per heavy atom. The molecule has 0 aliphatic heterocycles. The van der Waals surface area contributed by atoms with Crippen molar-refractivity contribution < 1.29 is 0 Å². The van der Waals surface area contributed by atoms with E-state index in [-0.39, 0.29) is 6.04 Å². The van der Waals surface area contributed by atoms with Gasteiger partial charge in [-0.3, -0.25) is 0 Å². The zero-order valence-corrected chi connectivity index (χ0v) is 9.87. The molecule has 82 valence electrons. The molecule has 0 spiro atoms. The van der Waals surface area contributed by atoms with Crippen molar-refractivity contribution in [2.75, 3.05) is 0 Å². The van der Waals surface area contributed by atoms with E-state index in [9.17, 15) is 0 Å². The highest BCUT2D eigenvalue weighted by Gasteiger charge is 2.28. The summed E-state index contributed by atoms with van der Waals surface area (Å²) in [4.78, 5) is 0. The molecule has 2 rings (SSSR count). The molecular weight excluding hydrogens is 206 g/mol. The molecule has 1 aliphatic rings. The summed E-state index contributed by atoms with van der Waals surface area (Å²) >= 11 is 6.22. The smallest absolute Gasteiger partial charge is 0.0441 e. The lowest BCUT2D eigenvalue weighted by Gasteiger charge is -2.33. The Morgan fingerprint density at radius 1 is 1.27 bits per heavy atom. The van der Waals surface area contributed by atoms with Gasteiger partial charge in [0.25, 0.3) is 0 Å². The third kappa shape index (κ3) is 2.35. The van der Waals surface area contributed by atoms with Gasteiger partial charge in [0.15, 0.2) is 0 Å². The highest BCUT2D eigenvalue weighted by molar-refractivity contribution is 6.31. The maximum absolute atomic E-state index is 6.22. The summed E-state index contributed by atoms with van der Waals surface area (Å²) in [5.74, 6) is 1.22. The Balaban J connectivity index is 2.25. The molecule has 0 aromatic heterocycles. The zero-order valence-electron chi connectivity index (χ0n) is 9.12. The van der Waals surface area contributed by atoms with Crippen molar-refractivity contribution in [3.05, 3.63) is 34.9 Å². The van der Waals surface area contributed by atoms with Crippen molar-refractivity contribution in [2.24, 2.45) is 11.7 Å². The van der Waals surface area contributed by atoms with Gasteiger partial charge in [0, 0.05) is 17.0 Å². The lowest BCUT2D eigenvalue weighted by Crippen LogP contribution is -2.34. The second kappa shape index (κ2) is 4.54. The maximum atomic E-state index is 6.22. The zero-order chi connectivity index (χ0) is 10.8. The van der Waals surface area contributed by atoms with E-state index >= 15 is 0 Å². The molecule has 1 nitrogen and oxygen atoms in total. The second-order valence-electron chi connectivity index (χ2n) is 4.71. The van der Waals surface area contributed by atoms with Crippen molar-refractivity contribution in [1.29, 1.82) is 0 Å². The minimum atomic E-state index is 0.279. The van der Waals surface area contributed by atoms with E-state index in [1.54, 1.807) is 0 Å². The first-order chi connectivity index (χ1) is 7.18.